The van der Waals surface area contributed by atoms with E-state index in [1.165, 1.54) is 25.7 Å². The van der Waals surface area contributed by atoms with Crippen molar-refractivity contribution in [3.05, 3.63) is 70.6 Å². The fourth-order valence-electron chi connectivity index (χ4n) is 3.13. The number of para-hydroxylation sites is 1. The molecule has 1 aromatic carbocycles. The number of hydrogen-bond acceptors (Lipinski definition) is 1. The molecule has 0 aliphatic carbocycles. The molecule has 0 aliphatic heterocycles. The Bertz CT molecular complexity index is 767. The van der Waals surface area contributed by atoms with Gasteiger partial charge in [0.25, 0.3) is 0 Å². The molecule has 1 heterocycles. The maximum absolute atomic E-state index is 12.2. The molecule has 2 nitrogen and oxygen atoms in total. The van der Waals surface area contributed by atoms with Crippen molar-refractivity contribution in [2.45, 2.75) is 58.3 Å². The van der Waals surface area contributed by atoms with Crippen LogP contribution in [-0.4, -0.2) is 4.57 Å². The van der Waals surface area contributed by atoms with Gasteiger partial charge in [0.15, 0.2) is 5.43 Å². The molecule has 0 atom stereocenters. The molecule has 0 N–H and O–H groups in total. The summed E-state index contributed by atoms with van der Waals surface area (Å²) >= 11 is 0. The third kappa shape index (κ3) is 6.04. The predicted molar refractivity (Wildman–Crippen MR) is 109 cm³/mol. The summed E-state index contributed by atoms with van der Waals surface area (Å²) in [6.45, 7) is 2.24. The minimum atomic E-state index is 0.136. The molecule has 0 bridgehead atoms. The molecule has 134 valence electrons. The van der Waals surface area contributed by atoms with Gasteiger partial charge in [-0.05, 0) is 50.7 Å². The van der Waals surface area contributed by atoms with E-state index in [-0.39, 0.29) is 5.43 Å². The Hall–Kier alpha value is -2.09. The molecule has 0 radical (unpaired) electrons. The third-order valence-corrected chi connectivity index (χ3v) is 4.67. The molecule has 25 heavy (non-hydrogen) atoms. The summed E-state index contributed by atoms with van der Waals surface area (Å²) in [6, 6.07) is 9.65. The Morgan fingerprint density at radius 2 is 1.64 bits per heavy atom. The Morgan fingerprint density at radius 3 is 2.36 bits per heavy atom. The number of hydrogen-bond donors (Lipinski definition) is 0. The first-order valence-corrected chi connectivity index (χ1v) is 9.63. The van der Waals surface area contributed by atoms with E-state index in [4.69, 9.17) is 0 Å². The minimum Gasteiger partial charge on any atom is -0.347 e. The molecule has 0 saturated carbocycles. The van der Waals surface area contributed by atoms with Crippen molar-refractivity contribution in [2.24, 2.45) is 7.05 Å². The lowest BCUT2D eigenvalue weighted by molar-refractivity contribution is 0.706. The van der Waals surface area contributed by atoms with Crippen molar-refractivity contribution in [3.63, 3.8) is 0 Å². The number of allylic oxidation sites excluding steroid dienone is 4. The lowest BCUT2D eigenvalue weighted by Gasteiger charge is -2.11. The molecule has 1 aromatic heterocycles. The van der Waals surface area contributed by atoms with Crippen molar-refractivity contribution in [3.8, 4) is 0 Å². The molecule has 0 aliphatic rings. The zero-order chi connectivity index (χ0) is 17.9. The van der Waals surface area contributed by atoms with Crippen molar-refractivity contribution in [2.75, 3.05) is 0 Å². The van der Waals surface area contributed by atoms with Crippen molar-refractivity contribution < 1.29 is 0 Å². The zero-order valence-electron chi connectivity index (χ0n) is 15.7. The van der Waals surface area contributed by atoms with Gasteiger partial charge in [-0.1, -0.05) is 56.2 Å². The quantitative estimate of drug-likeness (QED) is 0.388. The number of unbranched alkanes of at least 4 members (excludes halogenated alkanes) is 5. The van der Waals surface area contributed by atoms with Gasteiger partial charge in [0.05, 0.1) is 5.52 Å². The van der Waals surface area contributed by atoms with Gasteiger partial charge in [0, 0.05) is 24.2 Å². The fraction of sp³-hybridized carbons (Fsp3) is 0.435. The second kappa shape index (κ2) is 10.7. The van der Waals surface area contributed by atoms with Crippen LogP contribution in [0, 0.1) is 0 Å². The van der Waals surface area contributed by atoms with Gasteiger partial charge in [-0.25, -0.2) is 0 Å². The molecule has 2 aromatic rings. The SMILES string of the molecule is CCCCC/C=C\C=C\CCCCc1cc(=O)c2ccccc2n1C. The second-order valence-corrected chi connectivity index (χ2v) is 6.67. The Labute approximate surface area is 151 Å². The van der Waals surface area contributed by atoms with Gasteiger partial charge in [-0.3, -0.25) is 4.79 Å². The second-order valence-electron chi connectivity index (χ2n) is 6.67. The van der Waals surface area contributed by atoms with Crippen LogP contribution >= 0.6 is 0 Å². The van der Waals surface area contributed by atoms with Crippen LogP contribution in [0.5, 0.6) is 0 Å². The molecule has 0 saturated heterocycles. The average Bonchev–Trinajstić information content (AvgIpc) is 2.63. The highest BCUT2D eigenvalue weighted by molar-refractivity contribution is 5.79. The highest BCUT2D eigenvalue weighted by atomic mass is 16.1. The van der Waals surface area contributed by atoms with Crippen LogP contribution in [0.4, 0.5) is 0 Å². The molecule has 2 heteroatoms. The average molecular weight is 338 g/mol. The van der Waals surface area contributed by atoms with E-state index in [0.717, 1.165) is 42.3 Å². The number of nitrogens with zero attached hydrogens (tertiary/aromatic N) is 1. The summed E-state index contributed by atoms with van der Waals surface area (Å²) in [7, 11) is 2.06. The molecule has 0 spiro atoms. The Balaban J connectivity index is 1.76. The van der Waals surface area contributed by atoms with Crippen LogP contribution < -0.4 is 5.43 Å². The third-order valence-electron chi connectivity index (χ3n) is 4.67. The van der Waals surface area contributed by atoms with Crippen LogP contribution in [-0.2, 0) is 13.5 Å². The highest BCUT2D eigenvalue weighted by Gasteiger charge is 2.05. The van der Waals surface area contributed by atoms with E-state index < -0.39 is 0 Å². The van der Waals surface area contributed by atoms with Crippen LogP contribution in [0.3, 0.4) is 0 Å². The first-order chi connectivity index (χ1) is 12.2. The number of rotatable bonds is 10. The lowest BCUT2D eigenvalue weighted by atomic mass is 10.1. The maximum atomic E-state index is 12.2. The van der Waals surface area contributed by atoms with Crippen LogP contribution in [0.1, 0.15) is 57.6 Å². The Kier molecular flexibility index (Phi) is 8.24. The summed E-state index contributed by atoms with van der Waals surface area (Å²) in [6.07, 6.45) is 18.2. The standard InChI is InChI=1S/C23H31NO/c1-3-4-5-6-7-8-9-10-11-12-13-16-20-19-23(25)21-17-14-15-18-22(21)24(20)2/h7-10,14-15,17-19H,3-6,11-13,16H2,1-2H3/b8-7-,10-9+. The van der Waals surface area contributed by atoms with E-state index in [1.807, 2.05) is 24.3 Å². The topological polar surface area (TPSA) is 22.0 Å². The van der Waals surface area contributed by atoms with Gasteiger partial charge >= 0.3 is 0 Å². The van der Waals surface area contributed by atoms with Crippen molar-refractivity contribution in [1.82, 2.24) is 4.57 Å². The summed E-state index contributed by atoms with van der Waals surface area (Å²) in [4.78, 5) is 12.2. The van der Waals surface area contributed by atoms with E-state index in [1.54, 1.807) is 6.07 Å². The Morgan fingerprint density at radius 1 is 0.960 bits per heavy atom. The van der Waals surface area contributed by atoms with Crippen LogP contribution in [0.2, 0.25) is 0 Å². The number of fused-ring (bicyclic) bond motifs is 1. The minimum absolute atomic E-state index is 0.136. The van der Waals surface area contributed by atoms with E-state index >= 15 is 0 Å². The number of aryl methyl sites for hydroxylation is 2. The molecular formula is C23H31NO. The summed E-state index contributed by atoms with van der Waals surface area (Å²) in [5, 5.41) is 0.808. The monoisotopic (exact) mass is 337 g/mol. The van der Waals surface area contributed by atoms with E-state index in [9.17, 15) is 4.79 Å². The molecule has 2 rings (SSSR count). The van der Waals surface area contributed by atoms with Gasteiger partial charge in [-0.15, -0.1) is 0 Å². The highest BCUT2D eigenvalue weighted by Crippen LogP contribution is 2.13. The lowest BCUT2D eigenvalue weighted by Crippen LogP contribution is -2.11. The summed E-state index contributed by atoms with van der Waals surface area (Å²) in [5.41, 5.74) is 2.29. The smallest absolute Gasteiger partial charge is 0.189 e. The van der Waals surface area contributed by atoms with Gasteiger partial charge < -0.3 is 4.57 Å². The first-order valence-electron chi connectivity index (χ1n) is 9.63. The maximum Gasteiger partial charge on any atom is 0.189 e. The first kappa shape index (κ1) is 19.2. The fourth-order valence-corrected chi connectivity index (χ4v) is 3.13. The normalized spacial score (nSPS) is 11.9. The number of aromatic nitrogens is 1. The van der Waals surface area contributed by atoms with Gasteiger partial charge in [-0.2, -0.15) is 0 Å². The molecular weight excluding hydrogens is 306 g/mol. The molecule has 0 unspecified atom stereocenters. The zero-order valence-corrected chi connectivity index (χ0v) is 15.7. The van der Waals surface area contributed by atoms with Crippen LogP contribution in [0.15, 0.2) is 59.4 Å². The molecule has 0 fully saturated rings. The van der Waals surface area contributed by atoms with Crippen molar-refractivity contribution in [1.29, 1.82) is 0 Å². The summed E-state index contributed by atoms with van der Waals surface area (Å²) in [5.74, 6) is 0. The predicted octanol–water partition coefficient (Wildman–Crippen LogP) is 5.94. The van der Waals surface area contributed by atoms with E-state index in [0.29, 0.717) is 0 Å². The van der Waals surface area contributed by atoms with Gasteiger partial charge in [0.1, 0.15) is 0 Å². The van der Waals surface area contributed by atoms with E-state index in [2.05, 4.69) is 42.8 Å². The molecule has 0 amide bonds. The number of benzene rings is 1. The van der Waals surface area contributed by atoms with Crippen LogP contribution in [0.25, 0.3) is 10.9 Å². The number of pyridine rings is 1. The summed E-state index contributed by atoms with van der Waals surface area (Å²) < 4.78 is 2.16. The van der Waals surface area contributed by atoms with Crippen molar-refractivity contribution >= 4 is 10.9 Å². The van der Waals surface area contributed by atoms with Gasteiger partial charge in [0.2, 0.25) is 0 Å². The largest absolute Gasteiger partial charge is 0.347 e.